The van der Waals surface area contributed by atoms with Gasteiger partial charge in [0.2, 0.25) is 0 Å². The van der Waals surface area contributed by atoms with Crippen LogP contribution < -0.4 is 11.2 Å². The molecule has 0 bridgehead atoms. The van der Waals surface area contributed by atoms with Crippen molar-refractivity contribution in [3.63, 3.8) is 0 Å². The molecule has 2 heterocycles. The van der Waals surface area contributed by atoms with Crippen LogP contribution in [0.5, 0.6) is 0 Å². The third kappa shape index (κ3) is 3.16. The smallest absolute Gasteiger partial charge is 0.313 e. The Morgan fingerprint density at radius 2 is 1.81 bits per heavy atom. The Balaban J connectivity index is 1.72. The van der Waals surface area contributed by atoms with Gasteiger partial charge in [-0.1, -0.05) is 11.6 Å². The molecule has 2 aromatic heterocycles. The maximum atomic E-state index is 14.2. The van der Waals surface area contributed by atoms with E-state index in [0.29, 0.717) is 17.5 Å². The molecule has 2 N–H and O–H groups in total. The Labute approximate surface area is 156 Å². The number of benzene rings is 1. The molecule has 1 fully saturated rings. The molecular formula is C18H13ClF2N4O2. The number of halogens is 3. The monoisotopic (exact) mass is 390 g/mol. The van der Waals surface area contributed by atoms with Crippen molar-refractivity contribution in [1.29, 1.82) is 0 Å². The first-order valence-electron chi connectivity index (χ1n) is 8.16. The van der Waals surface area contributed by atoms with E-state index >= 15 is 0 Å². The Morgan fingerprint density at radius 1 is 1.11 bits per heavy atom. The minimum Gasteiger partial charge on any atom is -0.313 e. The molecule has 1 saturated carbocycles. The average molecular weight is 391 g/mol. The maximum Gasteiger partial charge on any atom is 0.325 e. The van der Waals surface area contributed by atoms with E-state index < -0.39 is 22.9 Å². The van der Waals surface area contributed by atoms with Crippen LogP contribution in [-0.2, 0) is 0 Å². The molecule has 0 spiro atoms. The van der Waals surface area contributed by atoms with E-state index in [0.717, 1.165) is 0 Å². The maximum absolute atomic E-state index is 14.2. The van der Waals surface area contributed by atoms with Crippen LogP contribution >= 0.6 is 11.6 Å². The van der Waals surface area contributed by atoms with Gasteiger partial charge in [0, 0.05) is 11.8 Å². The summed E-state index contributed by atoms with van der Waals surface area (Å²) in [5.74, 6) is -1.78. The number of aromatic amines is 2. The minimum atomic E-state index is -0.640. The summed E-state index contributed by atoms with van der Waals surface area (Å²) in [4.78, 5) is 27.6. The number of H-pyrrole nitrogens is 2. The Hall–Kier alpha value is -2.87. The molecule has 6 nitrogen and oxygen atoms in total. The number of hydrogen-bond acceptors (Lipinski definition) is 4. The summed E-state index contributed by atoms with van der Waals surface area (Å²) < 4.78 is 28.5. The highest BCUT2D eigenvalue weighted by Gasteiger charge is 2.44. The van der Waals surface area contributed by atoms with E-state index in [-0.39, 0.29) is 33.8 Å². The van der Waals surface area contributed by atoms with Crippen molar-refractivity contribution in [1.82, 2.24) is 20.2 Å². The number of rotatable bonds is 3. The number of aryl methyl sites for hydroxylation is 1. The highest BCUT2D eigenvalue weighted by Crippen LogP contribution is 2.57. The van der Waals surface area contributed by atoms with Crippen molar-refractivity contribution < 1.29 is 8.78 Å². The molecule has 138 valence electrons. The number of aromatic nitrogens is 4. The first-order chi connectivity index (χ1) is 12.8. The van der Waals surface area contributed by atoms with Gasteiger partial charge in [-0.15, -0.1) is 10.2 Å². The second-order valence-electron chi connectivity index (χ2n) is 6.55. The Kier molecular flexibility index (Phi) is 4.15. The lowest BCUT2D eigenvalue weighted by atomic mass is 10.0. The Bertz CT molecular complexity index is 1150. The molecule has 1 aromatic carbocycles. The minimum absolute atomic E-state index is 0.0296. The molecule has 4 rings (SSSR count). The highest BCUT2D eigenvalue weighted by molar-refractivity contribution is 6.30. The van der Waals surface area contributed by atoms with Crippen LogP contribution in [0.1, 0.15) is 34.9 Å². The van der Waals surface area contributed by atoms with E-state index in [1.807, 2.05) is 0 Å². The van der Waals surface area contributed by atoms with Crippen LogP contribution in [0.3, 0.4) is 0 Å². The zero-order chi connectivity index (χ0) is 19.3. The molecule has 0 amide bonds. The average Bonchev–Trinajstić information content (AvgIpc) is 3.35. The zero-order valence-corrected chi connectivity index (χ0v) is 14.8. The predicted octanol–water partition coefficient (Wildman–Crippen LogP) is 3.03. The quantitative estimate of drug-likeness (QED) is 0.719. The van der Waals surface area contributed by atoms with Crippen molar-refractivity contribution in [2.24, 2.45) is 0 Å². The predicted molar refractivity (Wildman–Crippen MR) is 94.9 cm³/mol. The third-order valence-electron chi connectivity index (χ3n) is 4.66. The van der Waals surface area contributed by atoms with Crippen molar-refractivity contribution in [2.45, 2.75) is 25.2 Å². The first kappa shape index (κ1) is 17.5. The largest absolute Gasteiger partial charge is 0.325 e. The second kappa shape index (κ2) is 6.38. The molecule has 1 aliphatic carbocycles. The lowest BCUT2D eigenvalue weighted by Gasteiger charge is -2.08. The standard InChI is InChI=1S/C18H13ClF2N4O2/c1-7-2-12(20)15(13(21)3-7)9-4-8(9)10-5-14(24-25-16(10)19)11-6-22-18(27)23-17(11)26/h2-3,5-6,8-9H,4H2,1H3,(H2,22,23,26,27)/t8-,9-/m0/s1. The SMILES string of the molecule is Cc1cc(F)c([C@H]2C[C@@H]2c2cc(-c3c[nH]c(=O)[nH]c3=O)nnc2Cl)c(F)c1. The fourth-order valence-corrected chi connectivity index (χ4v) is 3.54. The summed E-state index contributed by atoms with van der Waals surface area (Å²) in [5, 5.41) is 7.84. The summed E-state index contributed by atoms with van der Waals surface area (Å²) in [6.07, 6.45) is 1.73. The van der Waals surface area contributed by atoms with Gasteiger partial charge in [-0.25, -0.2) is 13.6 Å². The van der Waals surface area contributed by atoms with Gasteiger partial charge in [-0.2, -0.15) is 0 Å². The fourth-order valence-electron chi connectivity index (χ4n) is 3.31. The zero-order valence-electron chi connectivity index (χ0n) is 14.0. The van der Waals surface area contributed by atoms with Gasteiger partial charge >= 0.3 is 5.69 Å². The van der Waals surface area contributed by atoms with Gasteiger partial charge in [-0.05, 0) is 54.5 Å². The molecular weight excluding hydrogens is 378 g/mol. The van der Waals surface area contributed by atoms with Gasteiger partial charge < -0.3 is 4.98 Å². The molecule has 0 saturated heterocycles. The van der Waals surface area contributed by atoms with E-state index in [2.05, 4.69) is 20.2 Å². The highest BCUT2D eigenvalue weighted by atomic mass is 35.5. The van der Waals surface area contributed by atoms with Crippen LogP contribution in [0.4, 0.5) is 8.78 Å². The lowest BCUT2D eigenvalue weighted by Crippen LogP contribution is -2.23. The third-order valence-corrected chi connectivity index (χ3v) is 4.95. The number of hydrogen-bond donors (Lipinski definition) is 2. The molecule has 0 radical (unpaired) electrons. The van der Waals surface area contributed by atoms with Gasteiger partial charge in [0.1, 0.15) is 17.3 Å². The van der Waals surface area contributed by atoms with Crippen molar-refractivity contribution >= 4 is 11.6 Å². The van der Waals surface area contributed by atoms with Crippen molar-refractivity contribution in [2.75, 3.05) is 0 Å². The lowest BCUT2D eigenvalue weighted by molar-refractivity contribution is 0.553. The van der Waals surface area contributed by atoms with E-state index in [1.54, 1.807) is 13.0 Å². The molecule has 0 unspecified atom stereocenters. The summed E-state index contributed by atoms with van der Waals surface area (Å²) >= 11 is 6.14. The summed E-state index contributed by atoms with van der Waals surface area (Å²) in [6, 6.07) is 4.16. The second-order valence-corrected chi connectivity index (χ2v) is 6.91. The van der Waals surface area contributed by atoms with E-state index in [1.165, 1.54) is 18.3 Å². The Morgan fingerprint density at radius 3 is 2.48 bits per heavy atom. The summed E-state index contributed by atoms with van der Waals surface area (Å²) in [7, 11) is 0. The van der Waals surface area contributed by atoms with Crippen LogP contribution in [0.25, 0.3) is 11.3 Å². The van der Waals surface area contributed by atoms with Crippen molar-refractivity contribution in [3.8, 4) is 11.3 Å². The fraction of sp³-hybridized carbons (Fsp3) is 0.222. The van der Waals surface area contributed by atoms with Gasteiger partial charge in [0.25, 0.3) is 5.56 Å². The van der Waals surface area contributed by atoms with E-state index in [9.17, 15) is 18.4 Å². The van der Waals surface area contributed by atoms with E-state index in [4.69, 9.17) is 11.6 Å². The number of nitrogens with one attached hydrogen (secondary N) is 2. The molecule has 2 atom stereocenters. The summed E-state index contributed by atoms with van der Waals surface area (Å²) in [5.41, 5.74) is 0.155. The summed E-state index contributed by atoms with van der Waals surface area (Å²) in [6.45, 7) is 1.62. The molecule has 0 aliphatic heterocycles. The molecule has 27 heavy (non-hydrogen) atoms. The topological polar surface area (TPSA) is 91.5 Å². The van der Waals surface area contributed by atoms with Crippen LogP contribution in [0.15, 0.2) is 34.0 Å². The van der Waals surface area contributed by atoms with Crippen LogP contribution in [-0.4, -0.2) is 20.2 Å². The van der Waals surface area contributed by atoms with Gasteiger partial charge in [0.05, 0.1) is 5.56 Å². The molecule has 9 heteroatoms. The number of nitrogens with zero attached hydrogens (tertiary/aromatic N) is 2. The normalized spacial score (nSPS) is 18.5. The molecule has 3 aromatic rings. The van der Waals surface area contributed by atoms with Crippen molar-refractivity contribution in [3.05, 3.63) is 78.7 Å². The van der Waals surface area contributed by atoms with Gasteiger partial charge in [0.15, 0.2) is 5.15 Å². The van der Waals surface area contributed by atoms with Crippen LogP contribution in [0.2, 0.25) is 5.15 Å². The van der Waals surface area contributed by atoms with Crippen LogP contribution in [0, 0.1) is 18.6 Å². The molecule has 1 aliphatic rings. The van der Waals surface area contributed by atoms with Gasteiger partial charge in [-0.3, -0.25) is 9.78 Å². The first-order valence-corrected chi connectivity index (χ1v) is 8.54.